The van der Waals surface area contributed by atoms with Crippen molar-refractivity contribution in [3.63, 3.8) is 0 Å². The molecule has 0 saturated heterocycles. The Kier molecular flexibility index (Phi) is 4.00. The topological polar surface area (TPSA) is 26.0 Å². The van der Waals surface area contributed by atoms with Crippen LogP contribution in [0.2, 0.25) is 0 Å². The molecule has 1 aromatic carbocycles. The van der Waals surface area contributed by atoms with Crippen LogP contribution in [-0.4, -0.2) is 0 Å². The molecule has 0 bridgehead atoms. The Morgan fingerprint density at radius 2 is 1.69 bits per heavy atom. The number of hydrogen-bond acceptors (Lipinski definition) is 1. The molecule has 1 nitrogen and oxygen atoms in total. The molecular weight excluding hydrogens is 194 g/mol. The summed E-state index contributed by atoms with van der Waals surface area (Å²) in [7, 11) is 0. The molecule has 0 radical (unpaired) electrons. The maximum Gasteiger partial charge on any atom is 0.0326 e. The number of benzene rings is 1. The predicted molar refractivity (Wildman–Crippen MR) is 69.3 cm³/mol. The lowest BCUT2D eigenvalue weighted by Gasteiger charge is -2.24. The number of nitrogens with two attached hydrogens (primary N) is 1. The standard InChI is InChI=1S/C15H23N/c1-12-8-6-7-11-14(12)15(16)13-9-4-2-3-5-10-13/h6-8,11,13,15H,2-5,9-10,16H2,1H3. The molecular formula is C15H23N. The fourth-order valence-electron chi connectivity index (χ4n) is 2.88. The van der Waals surface area contributed by atoms with E-state index in [4.69, 9.17) is 5.73 Å². The van der Waals surface area contributed by atoms with Crippen molar-refractivity contribution in [2.75, 3.05) is 0 Å². The molecule has 16 heavy (non-hydrogen) atoms. The highest BCUT2D eigenvalue weighted by atomic mass is 14.7. The minimum Gasteiger partial charge on any atom is -0.324 e. The average Bonchev–Trinajstić information content (AvgIpc) is 2.57. The van der Waals surface area contributed by atoms with Gasteiger partial charge in [-0.3, -0.25) is 0 Å². The SMILES string of the molecule is Cc1ccccc1C(N)C1CCCCCC1. The zero-order chi connectivity index (χ0) is 11.4. The Morgan fingerprint density at radius 3 is 2.31 bits per heavy atom. The van der Waals surface area contributed by atoms with Crippen molar-refractivity contribution < 1.29 is 0 Å². The lowest BCUT2D eigenvalue weighted by atomic mass is 9.86. The number of rotatable bonds is 2. The van der Waals surface area contributed by atoms with Crippen molar-refractivity contribution in [2.24, 2.45) is 11.7 Å². The first-order chi connectivity index (χ1) is 7.79. The molecule has 0 heterocycles. The van der Waals surface area contributed by atoms with E-state index in [1.165, 1.54) is 49.7 Å². The Bertz CT molecular complexity index is 324. The van der Waals surface area contributed by atoms with Crippen LogP contribution in [0.25, 0.3) is 0 Å². The molecule has 2 N–H and O–H groups in total. The van der Waals surface area contributed by atoms with E-state index in [1.807, 2.05) is 0 Å². The van der Waals surface area contributed by atoms with Crippen molar-refractivity contribution >= 4 is 0 Å². The summed E-state index contributed by atoms with van der Waals surface area (Å²) >= 11 is 0. The van der Waals surface area contributed by atoms with Gasteiger partial charge < -0.3 is 5.73 Å². The summed E-state index contributed by atoms with van der Waals surface area (Å²) in [5.74, 6) is 0.698. The van der Waals surface area contributed by atoms with Crippen LogP contribution >= 0.6 is 0 Å². The molecule has 1 atom stereocenters. The van der Waals surface area contributed by atoms with Crippen LogP contribution in [0.15, 0.2) is 24.3 Å². The molecule has 0 spiro atoms. The minimum atomic E-state index is 0.249. The second-order valence-electron chi connectivity index (χ2n) is 5.13. The highest BCUT2D eigenvalue weighted by Gasteiger charge is 2.21. The third-order valence-electron chi connectivity index (χ3n) is 3.96. The predicted octanol–water partition coefficient (Wildman–Crippen LogP) is 3.97. The van der Waals surface area contributed by atoms with Crippen molar-refractivity contribution in [3.8, 4) is 0 Å². The number of aryl methyl sites for hydroxylation is 1. The Labute approximate surface area is 99.0 Å². The molecule has 1 saturated carbocycles. The summed E-state index contributed by atoms with van der Waals surface area (Å²) in [6.07, 6.45) is 8.16. The van der Waals surface area contributed by atoms with Gasteiger partial charge in [0.2, 0.25) is 0 Å². The molecule has 88 valence electrons. The third-order valence-corrected chi connectivity index (χ3v) is 3.96. The van der Waals surface area contributed by atoms with Crippen molar-refractivity contribution in [1.82, 2.24) is 0 Å². The first-order valence-electron chi connectivity index (χ1n) is 6.60. The van der Waals surface area contributed by atoms with E-state index in [9.17, 15) is 0 Å². The molecule has 1 aromatic rings. The second-order valence-corrected chi connectivity index (χ2v) is 5.13. The fourth-order valence-corrected chi connectivity index (χ4v) is 2.88. The van der Waals surface area contributed by atoms with Gasteiger partial charge in [-0.05, 0) is 36.8 Å². The van der Waals surface area contributed by atoms with Gasteiger partial charge in [0, 0.05) is 6.04 Å². The maximum atomic E-state index is 6.44. The molecule has 1 aliphatic rings. The summed E-state index contributed by atoms with van der Waals surface area (Å²) in [5, 5.41) is 0. The van der Waals surface area contributed by atoms with Crippen molar-refractivity contribution in [3.05, 3.63) is 35.4 Å². The zero-order valence-corrected chi connectivity index (χ0v) is 10.3. The minimum absolute atomic E-state index is 0.249. The maximum absolute atomic E-state index is 6.44. The van der Waals surface area contributed by atoms with E-state index in [1.54, 1.807) is 0 Å². The quantitative estimate of drug-likeness (QED) is 0.745. The molecule has 1 heteroatoms. The number of hydrogen-bond donors (Lipinski definition) is 1. The van der Waals surface area contributed by atoms with Crippen LogP contribution in [0.3, 0.4) is 0 Å². The van der Waals surface area contributed by atoms with Gasteiger partial charge in [0.1, 0.15) is 0 Å². The zero-order valence-electron chi connectivity index (χ0n) is 10.3. The highest BCUT2D eigenvalue weighted by Crippen LogP contribution is 2.32. The van der Waals surface area contributed by atoms with Gasteiger partial charge in [0.15, 0.2) is 0 Å². The van der Waals surface area contributed by atoms with Gasteiger partial charge in [0.05, 0.1) is 0 Å². The Hall–Kier alpha value is -0.820. The summed E-state index contributed by atoms with van der Waals surface area (Å²) in [6.45, 7) is 2.17. The molecule has 2 rings (SSSR count). The first kappa shape index (κ1) is 11.7. The van der Waals surface area contributed by atoms with E-state index in [0.29, 0.717) is 5.92 Å². The van der Waals surface area contributed by atoms with E-state index >= 15 is 0 Å². The molecule has 1 aliphatic carbocycles. The van der Waals surface area contributed by atoms with Gasteiger partial charge in [-0.1, -0.05) is 49.9 Å². The smallest absolute Gasteiger partial charge is 0.0326 e. The van der Waals surface area contributed by atoms with Crippen LogP contribution in [0.5, 0.6) is 0 Å². The monoisotopic (exact) mass is 217 g/mol. The lowest BCUT2D eigenvalue weighted by molar-refractivity contribution is 0.381. The van der Waals surface area contributed by atoms with E-state index in [2.05, 4.69) is 31.2 Å². The van der Waals surface area contributed by atoms with Gasteiger partial charge in [-0.25, -0.2) is 0 Å². The lowest BCUT2D eigenvalue weighted by Crippen LogP contribution is -2.21. The normalized spacial score (nSPS) is 20.4. The van der Waals surface area contributed by atoms with Crippen LogP contribution in [-0.2, 0) is 0 Å². The summed E-state index contributed by atoms with van der Waals surface area (Å²) in [4.78, 5) is 0. The average molecular weight is 217 g/mol. The Balaban J connectivity index is 2.11. The first-order valence-corrected chi connectivity index (χ1v) is 6.60. The fraction of sp³-hybridized carbons (Fsp3) is 0.600. The van der Waals surface area contributed by atoms with Crippen LogP contribution in [0.4, 0.5) is 0 Å². The van der Waals surface area contributed by atoms with Crippen molar-refractivity contribution in [1.29, 1.82) is 0 Å². The van der Waals surface area contributed by atoms with Gasteiger partial charge in [-0.2, -0.15) is 0 Å². The molecule has 0 aromatic heterocycles. The molecule has 1 unspecified atom stereocenters. The van der Waals surface area contributed by atoms with E-state index < -0.39 is 0 Å². The summed E-state index contributed by atoms with van der Waals surface area (Å²) in [6, 6.07) is 8.83. The van der Waals surface area contributed by atoms with E-state index in [0.717, 1.165) is 0 Å². The second kappa shape index (κ2) is 5.49. The largest absolute Gasteiger partial charge is 0.324 e. The van der Waals surface area contributed by atoms with Crippen LogP contribution in [0, 0.1) is 12.8 Å². The Morgan fingerprint density at radius 1 is 1.06 bits per heavy atom. The van der Waals surface area contributed by atoms with Crippen LogP contribution < -0.4 is 5.73 Å². The van der Waals surface area contributed by atoms with Crippen molar-refractivity contribution in [2.45, 2.75) is 51.5 Å². The summed E-state index contributed by atoms with van der Waals surface area (Å²) < 4.78 is 0. The highest BCUT2D eigenvalue weighted by molar-refractivity contribution is 5.28. The van der Waals surface area contributed by atoms with Gasteiger partial charge >= 0.3 is 0 Å². The molecule has 0 aliphatic heterocycles. The van der Waals surface area contributed by atoms with Gasteiger partial charge in [-0.15, -0.1) is 0 Å². The molecule has 0 amide bonds. The third kappa shape index (κ3) is 2.65. The van der Waals surface area contributed by atoms with E-state index in [-0.39, 0.29) is 6.04 Å². The van der Waals surface area contributed by atoms with Gasteiger partial charge in [0.25, 0.3) is 0 Å². The van der Waals surface area contributed by atoms with Crippen LogP contribution in [0.1, 0.15) is 55.7 Å². The summed E-state index contributed by atoms with van der Waals surface area (Å²) in [5.41, 5.74) is 9.14. The molecule has 1 fully saturated rings.